The number of carbonyl (C=O) groups excluding carboxylic acids is 4. The highest BCUT2D eigenvalue weighted by Gasteiger charge is 2.50. The number of hydrogen-bond donors (Lipinski definition) is 1. The maximum absolute atomic E-state index is 14.0. The number of likely N-dealkylation sites (N-methyl/N-ethyl adjacent to an activating group) is 1. The summed E-state index contributed by atoms with van der Waals surface area (Å²) in [6.07, 6.45) is -1.05. The molecule has 2 aliphatic rings. The van der Waals surface area contributed by atoms with Crippen molar-refractivity contribution in [2.45, 2.75) is 136 Å². The van der Waals surface area contributed by atoms with Gasteiger partial charge in [-0.05, 0) is 79.6 Å². The van der Waals surface area contributed by atoms with Gasteiger partial charge in [0.1, 0.15) is 17.6 Å². The number of esters is 2. The van der Waals surface area contributed by atoms with Crippen LogP contribution in [-0.4, -0.2) is 103 Å². The molecule has 0 amide bonds. The van der Waals surface area contributed by atoms with Crippen molar-refractivity contribution in [3.05, 3.63) is 11.6 Å². The van der Waals surface area contributed by atoms with Crippen LogP contribution >= 0.6 is 0 Å². The summed E-state index contributed by atoms with van der Waals surface area (Å²) >= 11 is 0. The molecule has 0 bridgehead atoms. The van der Waals surface area contributed by atoms with E-state index in [0.29, 0.717) is 24.8 Å². The third-order valence-corrected chi connectivity index (χ3v) is 9.10. The van der Waals surface area contributed by atoms with Gasteiger partial charge in [0.15, 0.2) is 24.0 Å². The molecule has 1 N–H and O–H groups in total. The van der Waals surface area contributed by atoms with Gasteiger partial charge in [-0.1, -0.05) is 27.2 Å². The third kappa shape index (κ3) is 8.96. The fourth-order valence-electron chi connectivity index (χ4n) is 6.53. The molecule has 0 spiro atoms. The molecule has 0 radical (unpaired) electrons. The molecule has 1 fully saturated rings. The van der Waals surface area contributed by atoms with Crippen LogP contribution in [0.5, 0.6) is 0 Å². The summed E-state index contributed by atoms with van der Waals surface area (Å²) in [6, 6.07) is -0.239. The zero-order valence-electron chi connectivity index (χ0n) is 28.7. The minimum absolute atomic E-state index is 0.146. The standard InChI is InChI=1S/C33H55NO10/c1-13-14-25-32(8,39)16-18(2)26(36)19(3)17-33(9,40-12)29(21(5)27(37)22(6)30(38)43-25)44-31-28(42-23(7)35)24(34(10)11)15-20(4)41-31/h16,19-22,24-25,28-29,31,39H,13-15,17H2,1-12H3/t19-,20?,21+,22-,24?,25-,28?,29-,31?,32+,33-/m1/s1. The molecule has 2 aliphatic heterocycles. The summed E-state index contributed by atoms with van der Waals surface area (Å²) in [7, 11) is 5.23. The van der Waals surface area contributed by atoms with E-state index in [2.05, 4.69) is 0 Å². The Morgan fingerprint density at radius 3 is 2.27 bits per heavy atom. The number of ether oxygens (including phenoxy) is 5. The Kier molecular flexibility index (Phi) is 13.3. The molecule has 0 saturated carbocycles. The fraction of sp³-hybridized carbons (Fsp3) is 0.818. The number of ketones is 2. The summed E-state index contributed by atoms with van der Waals surface area (Å²) in [5.74, 6) is -4.71. The Balaban J connectivity index is 2.69. The molecule has 0 aliphatic carbocycles. The second-order valence-corrected chi connectivity index (χ2v) is 13.4. The zero-order valence-corrected chi connectivity index (χ0v) is 28.7. The fourth-order valence-corrected chi connectivity index (χ4v) is 6.53. The first kappa shape index (κ1) is 38.0. The van der Waals surface area contributed by atoms with E-state index in [1.54, 1.807) is 27.7 Å². The van der Waals surface area contributed by atoms with E-state index in [1.165, 1.54) is 34.0 Å². The van der Waals surface area contributed by atoms with E-state index >= 15 is 0 Å². The number of aliphatic hydroxyl groups is 1. The normalized spacial score (nSPS) is 39.8. The van der Waals surface area contributed by atoms with Crippen molar-refractivity contribution in [3.8, 4) is 0 Å². The Bertz CT molecular complexity index is 1070. The molecule has 11 heteroatoms. The minimum atomic E-state index is -1.64. The molecule has 4 unspecified atom stereocenters. The van der Waals surface area contributed by atoms with E-state index in [9.17, 15) is 24.3 Å². The first-order valence-electron chi connectivity index (χ1n) is 15.7. The summed E-state index contributed by atoms with van der Waals surface area (Å²) < 4.78 is 30.4. The van der Waals surface area contributed by atoms with Crippen LogP contribution in [0.4, 0.5) is 0 Å². The quantitative estimate of drug-likeness (QED) is 0.328. The number of rotatable bonds is 7. The highest BCUT2D eigenvalue weighted by Crippen LogP contribution is 2.38. The lowest BCUT2D eigenvalue weighted by Crippen LogP contribution is -2.60. The van der Waals surface area contributed by atoms with Gasteiger partial charge in [0.2, 0.25) is 0 Å². The molecule has 0 aromatic heterocycles. The van der Waals surface area contributed by atoms with Crippen LogP contribution in [0, 0.1) is 17.8 Å². The van der Waals surface area contributed by atoms with Crippen molar-refractivity contribution in [1.29, 1.82) is 0 Å². The Labute approximate surface area is 262 Å². The Hall–Kier alpha value is -2.18. The first-order valence-corrected chi connectivity index (χ1v) is 15.7. The topological polar surface area (TPSA) is 138 Å². The summed E-state index contributed by atoms with van der Waals surface area (Å²) in [5.41, 5.74) is -2.55. The van der Waals surface area contributed by atoms with Gasteiger partial charge >= 0.3 is 11.9 Å². The monoisotopic (exact) mass is 625 g/mol. The molecule has 11 nitrogen and oxygen atoms in total. The molecule has 44 heavy (non-hydrogen) atoms. The molecule has 252 valence electrons. The zero-order chi connectivity index (χ0) is 33.7. The Morgan fingerprint density at radius 2 is 1.75 bits per heavy atom. The van der Waals surface area contributed by atoms with Crippen LogP contribution in [0.2, 0.25) is 0 Å². The predicted octanol–water partition coefficient (Wildman–Crippen LogP) is 3.63. The number of cyclic esters (lactones) is 1. The second-order valence-electron chi connectivity index (χ2n) is 13.4. The van der Waals surface area contributed by atoms with Crippen molar-refractivity contribution in [2.75, 3.05) is 21.2 Å². The average molecular weight is 626 g/mol. The van der Waals surface area contributed by atoms with Crippen LogP contribution in [0.1, 0.15) is 88.0 Å². The van der Waals surface area contributed by atoms with Gasteiger partial charge in [0.25, 0.3) is 0 Å². The highest BCUT2D eigenvalue weighted by molar-refractivity contribution is 6.00. The second kappa shape index (κ2) is 15.4. The largest absolute Gasteiger partial charge is 0.458 e. The first-order chi connectivity index (χ1) is 20.3. The number of nitrogens with zero attached hydrogens (tertiary/aromatic N) is 1. The summed E-state index contributed by atoms with van der Waals surface area (Å²) in [6.45, 7) is 14.9. The van der Waals surface area contributed by atoms with Crippen molar-refractivity contribution in [1.82, 2.24) is 4.90 Å². The Morgan fingerprint density at radius 1 is 1.14 bits per heavy atom. The molecule has 0 aromatic rings. The smallest absolute Gasteiger partial charge is 0.316 e. The molecular formula is C33H55NO10. The van der Waals surface area contributed by atoms with Gasteiger partial charge in [-0.2, -0.15) is 0 Å². The molecule has 11 atom stereocenters. The maximum atomic E-state index is 14.0. The number of carbonyl (C=O) groups is 4. The molecule has 2 rings (SSSR count). The van der Waals surface area contributed by atoms with Crippen molar-refractivity contribution in [3.63, 3.8) is 0 Å². The van der Waals surface area contributed by atoms with Crippen LogP contribution in [0.3, 0.4) is 0 Å². The molecule has 1 saturated heterocycles. The van der Waals surface area contributed by atoms with Crippen LogP contribution in [0.15, 0.2) is 11.6 Å². The SMILES string of the molecule is CCC[C@H]1OC(=O)[C@H](C)C(=O)[C@H](C)[C@@H](OC2OC(C)CC(N(C)C)C2OC(C)=O)[C@](C)(OC)C[C@@H](C)C(=O)C(C)=C[C@]1(C)O. The van der Waals surface area contributed by atoms with Gasteiger partial charge in [-0.15, -0.1) is 0 Å². The highest BCUT2D eigenvalue weighted by atomic mass is 16.7. The average Bonchev–Trinajstić information content (AvgIpc) is 2.93. The number of Topliss-reactive ketones (excluding diaryl/α,β-unsaturated/α-hetero) is 2. The van der Waals surface area contributed by atoms with Gasteiger partial charge in [0.05, 0.1) is 23.9 Å². The van der Waals surface area contributed by atoms with E-state index in [-0.39, 0.29) is 24.3 Å². The number of hydrogen-bond acceptors (Lipinski definition) is 11. The van der Waals surface area contributed by atoms with Gasteiger partial charge in [-0.3, -0.25) is 19.2 Å². The van der Waals surface area contributed by atoms with Crippen LogP contribution < -0.4 is 0 Å². The number of allylic oxidation sites excluding steroid dienone is 1. The van der Waals surface area contributed by atoms with Crippen molar-refractivity contribution < 1.29 is 48.0 Å². The summed E-state index contributed by atoms with van der Waals surface area (Å²) in [4.78, 5) is 55.1. The lowest BCUT2D eigenvalue weighted by molar-refractivity contribution is -0.297. The maximum Gasteiger partial charge on any atom is 0.316 e. The van der Waals surface area contributed by atoms with Crippen LogP contribution in [-0.2, 0) is 42.9 Å². The van der Waals surface area contributed by atoms with E-state index in [1.807, 2.05) is 32.8 Å². The van der Waals surface area contributed by atoms with E-state index in [0.717, 1.165) is 0 Å². The van der Waals surface area contributed by atoms with E-state index < -0.39 is 71.3 Å². The van der Waals surface area contributed by atoms with Crippen molar-refractivity contribution in [2.24, 2.45) is 17.8 Å². The lowest BCUT2D eigenvalue weighted by atomic mass is 9.77. The molecule has 2 heterocycles. The van der Waals surface area contributed by atoms with Gasteiger partial charge in [0, 0.05) is 25.9 Å². The predicted molar refractivity (Wildman–Crippen MR) is 164 cm³/mol. The third-order valence-electron chi connectivity index (χ3n) is 9.10. The van der Waals surface area contributed by atoms with Gasteiger partial charge < -0.3 is 33.7 Å². The van der Waals surface area contributed by atoms with Crippen LogP contribution in [0.25, 0.3) is 0 Å². The lowest BCUT2D eigenvalue weighted by Gasteiger charge is -2.47. The number of methoxy groups -OCH3 is 1. The molecular weight excluding hydrogens is 570 g/mol. The van der Waals surface area contributed by atoms with Gasteiger partial charge in [-0.25, -0.2) is 0 Å². The van der Waals surface area contributed by atoms with Crippen molar-refractivity contribution >= 4 is 23.5 Å². The molecule has 0 aromatic carbocycles. The summed E-state index contributed by atoms with van der Waals surface area (Å²) in [5, 5.41) is 11.3. The minimum Gasteiger partial charge on any atom is -0.458 e. The van der Waals surface area contributed by atoms with E-state index in [4.69, 9.17) is 23.7 Å².